The van der Waals surface area contributed by atoms with Crippen LogP contribution in [0.4, 0.5) is 5.69 Å². The zero-order chi connectivity index (χ0) is 18.1. The van der Waals surface area contributed by atoms with Gasteiger partial charge in [0, 0.05) is 11.7 Å². The largest absolute Gasteiger partial charge is 0.325 e. The highest BCUT2D eigenvalue weighted by Gasteiger charge is 2.31. The highest BCUT2D eigenvalue weighted by molar-refractivity contribution is 8.00. The highest BCUT2D eigenvalue weighted by Crippen LogP contribution is 2.42. The molecule has 0 unspecified atom stereocenters. The van der Waals surface area contributed by atoms with E-state index in [0.29, 0.717) is 6.04 Å². The van der Waals surface area contributed by atoms with Crippen molar-refractivity contribution in [3.05, 3.63) is 47.3 Å². The molecule has 26 heavy (non-hydrogen) atoms. The number of rotatable bonds is 6. The predicted octanol–water partition coefficient (Wildman–Crippen LogP) is 4.77. The molecule has 0 bridgehead atoms. The molecule has 1 fully saturated rings. The molecule has 0 radical (unpaired) electrons. The fourth-order valence-corrected chi connectivity index (χ4v) is 4.31. The first-order valence-electron chi connectivity index (χ1n) is 8.65. The molecular weight excluding hydrogens is 364 g/mol. The molecule has 4 rings (SSSR count). The van der Waals surface area contributed by atoms with Crippen molar-refractivity contribution in [3.63, 3.8) is 0 Å². The van der Waals surface area contributed by atoms with Crippen molar-refractivity contribution in [3.8, 4) is 10.7 Å². The number of aromatic nitrogens is 3. The van der Waals surface area contributed by atoms with Gasteiger partial charge in [0.2, 0.25) is 5.91 Å². The number of thioether (sulfide) groups is 1. The van der Waals surface area contributed by atoms with Gasteiger partial charge in [0.1, 0.15) is 0 Å². The SMILES string of the molecule is Cc1ccc(NC(=O)[C@@H](C)Sc2nnc(-c3cccs3)n2C2CC2)cc1. The number of nitrogens with one attached hydrogen (secondary N) is 1. The standard InChI is InChI=1S/C19H20N4OS2/c1-12-5-7-14(8-6-12)20-18(24)13(2)26-19-22-21-17(16-4-3-11-25-16)23(19)15-9-10-15/h3-8,11,13,15H,9-10H2,1-2H3,(H,20,24)/t13-/m1/s1. The molecule has 1 N–H and O–H groups in total. The summed E-state index contributed by atoms with van der Waals surface area (Å²) < 4.78 is 2.20. The van der Waals surface area contributed by atoms with Gasteiger partial charge in [-0.2, -0.15) is 0 Å². The molecule has 1 aliphatic rings. The third-order valence-electron chi connectivity index (χ3n) is 4.29. The summed E-state index contributed by atoms with van der Waals surface area (Å²) >= 11 is 3.13. The number of carbonyl (C=O) groups excluding carboxylic acids is 1. The van der Waals surface area contributed by atoms with E-state index in [1.54, 1.807) is 11.3 Å². The molecule has 1 atom stereocenters. The van der Waals surface area contributed by atoms with Gasteiger partial charge in [-0.05, 0) is 50.3 Å². The third-order valence-corrected chi connectivity index (χ3v) is 6.21. The lowest BCUT2D eigenvalue weighted by Crippen LogP contribution is -2.22. The average Bonchev–Trinajstić information content (AvgIpc) is 3.16. The van der Waals surface area contributed by atoms with Crippen LogP contribution < -0.4 is 5.32 Å². The molecule has 0 saturated heterocycles. The summed E-state index contributed by atoms with van der Waals surface area (Å²) in [7, 11) is 0. The second-order valence-corrected chi connectivity index (χ2v) is 8.76. The van der Waals surface area contributed by atoms with E-state index < -0.39 is 0 Å². The van der Waals surface area contributed by atoms with Gasteiger partial charge in [-0.3, -0.25) is 9.36 Å². The second-order valence-electron chi connectivity index (χ2n) is 6.50. The molecule has 134 valence electrons. The normalized spacial score (nSPS) is 15.0. The summed E-state index contributed by atoms with van der Waals surface area (Å²) in [6.45, 7) is 3.94. The molecule has 0 aliphatic heterocycles. The quantitative estimate of drug-likeness (QED) is 0.622. The highest BCUT2D eigenvalue weighted by atomic mass is 32.2. The van der Waals surface area contributed by atoms with Crippen molar-refractivity contribution in [2.75, 3.05) is 5.32 Å². The average molecular weight is 385 g/mol. The zero-order valence-electron chi connectivity index (χ0n) is 14.7. The second kappa shape index (κ2) is 7.25. The number of amides is 1. The number of hydrogen-bond donors (Lipinski definition) is 1. The van der Waals surface area contributed by atoms with E-state index in [4.69, 9.17) is 0 Å². The lowest BCUT2D eigenvalue weighted by Gasteiger charge is -2.13. The Balaban J connectivity index is 1.50. The molecule has 2 heterocycles. The van der Waals surface area contributed by atoms with Gasteiger partial charge < -0.3 is 5.32 Å². The topological polar surface area (TPSA) is 59.8 Å². The van der Waals surface area contributed by atoms with Crippen LogP contribution in [0, 0.1) is 6.92 Å². The lowest BCUT2D eigenvalue weighted by molar-refractivity contribution is -0.115. The van der Waals surface area contributed by atoms with E-state index >= 15 is 0 Å². The van der Waals surface area contributed by atoms with Gasteiger partial charge in [-0.1, -0.05) is 35.5 Å². The maximum atomic E-state index is 12.5. The van der Waals surface area contributed by atoms with Crippen molar-refractivity contribution in [1.29, 1.82) is 0 Å². The van der Waals surface area contributed by atoms with E-state index in [-0.39, 0.29) is 11.2 Å². The first-order valence-corrected chi connectivity index (χ1v) is 10.4. The number of hydrogen-bond acceptors (Lipinski definition) is 5. The molecule has 2 aromatic heterocycles. The van der Waals surface area contributed by atoms with Crippen LogP contribution >= 0.6 is 23.1 Å². The van der Waals surface area contributed by atoms with Crippen molar-refractivity contribution in [2.45, 2.75) is 43.1 Å². The summed E-state index contributed by atoms with van der Waals surface area (Å²) in [5, 5.41) is 14.4. The Morgan fingerprint density at radius 1 is 1.27 bits per heavy atom. The van der Waals surface area contributed by atoms with Crippen LogP contribution in [0.25, 0.3) is 10.7 Å². The molecule has 1 saturated carbocycles. The van der Waals surface area contributed by atoms with E-state index in [0.717, 1.165) is 34.4 Å². The van der Waals surface area contributed by atoms with Crippen LogP contribution in [0.15, 0.2) is 46.9 Å². The maximum Gasteiger partial charge on any atom is 0.237 e. The van der Waals surface area contributed by atoms with Gasteiger partial charge in [0.15, 0.2) is 11.0 Å². The van der Waals surface area contributed by atoms with Crippen LogP contribution in [0.1, 0.15) is 31.4 Å². The summed E-state index contributed by atoms with van der Waals surface area (Å²) in [5.41, 5.74) is 1.99. The van der Waals surface area contributed by atoms with E-state index in [1.807, 2.05) is 49.6 Å². The van der Waals surface area contributed by atoms with E-state index in [9.17, 15) is 4.79 Å². The van der Waals surface area contributed by atoms with E-state index in [2.05, 4.69) is 26.1 Å². The van der Waals surface area contributed by atoms with Crippen LogP contribution in [0.2, 0.25) is 0 Å². The van der Waals surface area contributed by atoms with Crippen LogP contribution in [-0.4, -0.2) is 25.9 Å². The fraction of sp³-hybridized carbons (Fsp3) is 0.316. The monoisotopic (exact) mass is 384 g/mol. The van der Waals surface area contributed by atoms with Crippen LogP contribution in [0.3, 0.4) is 0 Å². The number of benzene rings is 1. The minimum Gasteiger partial charge on any atom is -0.325 e. The molecule has 1 amide bonds. The molecule has 5 nitrogen and oxygen atoms in total. The molecular formula is C19H20N4OS2. The van der Waals surface area contributed by atoms with E-state index in [1.165, 1.54) is 17.3 Å². The molecule has 1 aliphatic carbocycles. The molecule has 7 heteroatoms. The third kappa shape index (κ3) is 3.68. The Morgan fingerprint density at radius 3 is 2.69 bits per heavy atom. The van der Waals surface area contributed by atoms with Crippen molar-refractivity contribution in [2.24, 2.45) is 0 Å². The Kier molecular flexibility index (Phi) is 4.82. The van der Waals surface area contributed by atoms with Crippen molar-refractivity contribution >= 4 is 34.7 Å². The number of thiophene rings is 1. The van der Waals surface area contributed by atoms with Gasteiger partial charge in [0.25, 0.3) is 0 Å². The van der Waals surface area contributed by atoms with Crippen LogP contribution in [-0.2, 0) is 4.79 Å². The fourth-order valence-electron chi connectivity index (χ4n) is 2.69. The van der Waals surface area contributed by atoms with Gasteiger partial charge in [-0.15, -0.1) is 21.5 Å². The molecule has 3 aromatic rings. The van der Waals surface area contributed by atoms with Gasteiger partial charge >= 0.3 is 0 Å². The minimum atomic E-state index is -0.255. The minimum absolute atomic E-state index is 0.0260. The summed E-state index contributed by atoms with van der Waals surface area (Å²) in [4.78, 5) is 13.7. The predicted molar refractivity (Wildman–Crippen MR) is 107 cm³/mol. The first kappa shape index (κ1) is 17.3. The van der Waals surface area contributed by atoms with Crippen molar-refractivity contribution in [1.82, 2.24) is 14.8 Å². The number of carbonyl (C=O) groups is 1. The zero-order valence-corrected chi connectivity index (χ0v) is 16.3. The van der Waals surface area contributed by atoms with Crippen LogP contribution in [0.5, 0.6) is 0 Å². The molecule has 0 spiro atoms. The van der Waals surface area contributed by atoms with Crippen molar-refractivity contribution < 1.29 is 4.79 Å². The summed E-state index contributed by atoms with van der Waals surface area (Å²) in [6, 6.07) is 12.4. The Labute approximate surface area is 160 Å². The number of nitrogens with zero attached hydrogens (tertiary/aromatic N) is 3. The summed E-state index contributed by atoms with van der Waals surface area (Å²) in [5.74, 6) is 0.887. The maximum absolute atomic E-state index is 12.5. The number of anilines is 1. The molecule has 1 aromatic carbocycles. The first-order chi connectivity index (χ1) is 12.6. The Hall–Kier alpha value is -2.12. The Bertz CT molecular complexity index is 898. The summed E-state index contributed by atoms with van der Waals surface area (Å²) in [6.07, 6.45) is 2.29. The van der Waals surface area contributed by atoms with Gasteiger partial charge in [-0.25, -0.2) is 0 Å². The lowest BCUT2D eigenvalue weighted by atomic mass is 10.2. The smallest absolute Gasteiger partial charge is 0.237 e. The van der Waals surface area contributed by atoms with Gasteiger partial charge in [0.05, 0.1) is 10.1 Å². The number of aryl methyl sites for hydroxylation is 1. The Morgan fingerprint density at radius 2 is 2.04 bits per heavy atom.